The Morgan fingerprint density at radius 3 is 2.64 bits per heavy atom. The number of rotatable bonds is 3. The summed E-state index contributed by atoms with van der Waals surface area (Å²) in [5, 5.41) is 7.60. The number of hydrogen-bond acceptors (Lipinski definition) is 7. The Balaban J connectivity index is 2.16. The molecule has 0 atom stereocenters. The van der Waals surface area contributed by atoms with Gasteiger partial charge in [0.05, 0.1) is 16.2 Å². The molecule has 3 aromatic rings. The fourth-order valence-corrected chi connectivity index (χ4v) is 4.28. The minimum atomic E-state index is -3.51. The minimum Gasteiger partial charge on any atom is -0.463 e. The Morgan fingerprint density at radius 1 is 1.18 bits per heavy atom. The molecule has 0 unspecified atom stereocenters. The molecule has 0 aliphatic rings. The molecule has 0 amide bonds. The van der Waals surface area contributed by atoms with E-state index < -0.39 is 15.1 Å². The molecule has 0 radical (unpaired) electrons. The van der Waals surface area contributed by atoms with E-state index in [1.807, 2.05) is 0 Å². The lowest BCUT2D eigenvalue weighted by molar-refractivity contribution is 0.585. The molecule has 2 aromatic heterocycles. The maximum absolute atomic E-state index is 12.5. The Morgan fingerprint density at radius 2 is 1.91 bits per heavy atom. The molecule has 0 spiro atoms. The van der Waals surface area contributed by atoms with Crippen LogP contribution in [0.1, 0.15) is 13.8 Å². The molecule has 0 aliphatic heterocycles. The van der Waals surface area contributed by atoms with Gasteiger partial charge in [-0.25, -0.2) is 8.42 Å². The molecule has 8 heteroatoms. The first-order valence-corrected chi connectivity index (χ1v) is 8.86. The van der Waals surface area contributed by atoms with Gasteiger partial charge in [-0.1, -0.05) is 23.5 Å². The van der Waals surface area contributed by atoms with Gasteiger partial charge in [-0.3, -0.25) is 4.79 Å². The van der Waals surface area contributed by atoms with Crippen LogP contribution in [-0.2, 0) is 9.84 Å². The maximum atomic E-state index is 12.5. The van der Waals surface area contributed by atoms with Crippen LogP contribution in [0.2, 0.25) is 0 Å². The van der Waals surface area contributed by atoms with Crippen molar-refractivity contribution in [3.63, 3.8) is 0 Å². The fourth-order valence-electron chi connectivity index (χ4n) is 1.86. The molecular weight excluding hydrogens is 324 g/mol. The smallest absolute Gasteiger partial charge is 0.233 e. The van der Waals surface area contributed by atoms with Crippen molar-refractivity contribution in [1.82, 2.24) is 10.2 Å². The number of nitrogens with zero attached hydrogens (tertiary/aromatic N) is 2. The molecule has 0 saturated heterocycles. The SMILES string of the molecule is CC(C)S(=O)(=O)c1nnc(-c2coc3ccccc3c2=O)s1. The van der Waals surface area contributed by atoms with Gasteiger partial charge in [0.2, 0.25) is 19.6 Å². The minimum absolute atomic E-state index is 0.0925. The van der Waals surface area contributed by atoms with E-state index >= 15 is 0 Å². The van der Waals surface area contributed by atoms with E-state index in [1.54, 1.807) is 38.1 Å². The van der Waals surface area contributed by atoms with E-state index in [9.17, 15) is 13.2 Å². The van der Waals surface area contributed by atoms with Crippen LogP contribution in [0.3, 0.4) is 0 Å². The molecule has 0 bridgehead atoms. The molecule has 114 valence electrons. The number of benzene rings is 1. The van der Waals surface area contributed by atoms with Crippen molar-refractivity contribution in [3.05, 3.63) is 40.8 Å². The highest BCUT2D eigenvalue weighted by Gasteiger charge is 2.25. The zero-order chi connectivity index (χ0) is 15.9. The van der Waals surface area contributed by atoms with E-state index in [-0.39, 0.29) is 20.3 Å². The number of para-hydroxylation sites is 1. The molecule has 3 rings (SSSR count). The molecule has 0 fully saturated rings. The summed E-state index contributed by atoms with van der Waals surface area (Å²) >= 11 is 0.874. The third-order valence-electron chi connectivity index (χ3n) is 3.18. The molecule has 1 aromatic carbocycles. The van der Waals surface area contributed by atoms with Gasteiger partial charge in [0.15, 0.2) is 5.01 Å². The van der Waals surface area contributed by atoms with Crippen molar-refractivity contribution < 1.29 is 12.8 Å². The average molecular weight is 336 g/mol. The zero-order valence-corrected chi connectivity index (χ0v) is 13.4. The normalized spacial score (nSPS) is 12.1. The van der Waals surface area contributed by atoms with Crippen LogP contribution in [0, 0.1) is 0 Å². The predicted molar refractivity (Wildman–Crippen MR) is 83.7 cm³/mol. The third-order valence-corrected chi connectivity index (χ3v) is 6.69. The van der Waals surface area contributed by atoms with Crippen LogP contribution in [0.5, 0.6) is 0 Å². The number of aromatic nitrogens is 2. The van der Waals surface area contributed by atoms with Gasteiger partial charge < -0.3 is 4.42 Å². The second-order valence-corrected chi connectivity index (χ2v) is 8.60. The van der Waals surface area contributed by atoms with Gasteiger partial charge in [-0.2, -0.15) is 0 Å². The average Bonchev–Trinajstić information content (AvgIpc) is 2.98. The van der Waals surface area contributed by atoms with Crippen LogP contribution >= 0.6 is 11.3 Å². The highest BCUT2D eigenvalue weighted by Crippen LogP contribution is 2.27. The third kappa shape index (κ3) is 2.34. The summed E-state index contributed by atoms with van der Waals surface area (Å²) in [6.07, 6.45) is 1.29. The highest BCUT2D eigenvalue weighted by atomic mass is 32.2. The number of hydrogen-bond donors (Lipinski definition) is 0. The summed E-state index contributed by atoms with van der Waals surface area (Å²) in [7, 11) is -3.51. The van der Waals surface area contributed by atoms with Gasteiger partial charge in [0.1, 0.15) is 11.8 Å². The monoisotopic (exact) mass is 336 g/mol. The van der Waals surface area contributed by atoms with E-state index in [4.69, 9.17) is 4.42 Å². The van der Waals surface area contributed by atoms with Crippen molar-refractivity contribution in [3.8, 4) is 10.6 Å². The molecule has 2 heterocycles. The van der Waals surface area contributed by atoms with Gasteiger partial charge in [0.25, 0.3) is 0 Å². The lowest BCUT2D eigenvalue weighted by atomic mass is 10.2. The summed E-state index contributed by atoms with van der Waals surface area (Å²) in [5.41, 5.74) is 0.420. The molecule has 22 heavy (non-hydrogen) atoms. The van der Waals surface area contributed by atoms with E-state index in [1.165, 1.54) is 6.26 Å². The second-order valence-electron chi connectivity index (χ2n) is 4.94. The molecule has 0 saturated carbocycles. The summed E-state index contributed by atoms with van der Waals surface area (Å²) in [5.74, 6) is 0. The maximum Gasteiger partial charge on any atom is 0.233 e. The fraction of sp³-hybridized carbons (Fsp3) is 0.214. The summed E-state index contributed by atoms with van der Waals surface area (Å²) in [6, 6.07) is 6.84. The first-order valence-electron chi connectivity index (χ1n) is 6.49. The molecule has 6 nitrogen and oxygen atoms in total. The number of fused-ring (bicyclic) bond motifs is 1. The Hall–Kier alpha value is -2.06. The Kier molecular flexibility index (Phi) is 3.57. The van der Waals surface area contributed by atoms with E-state index in [0.717, 1.165) is 11.3 Å². The van der Waals surface area contributed by atoms with Crippen molar-refractivity contribution >= 4 is 32.1 Å². The van der Waals surface area contributed by atoms with Crippen molar-refractivity contribution in [2.75, 3.05) is 0 Å². The zero-order valence-electron chi connectivity index (χ0n) is 11.8. The predicted octanol–water partition coefficient (Wildman–Crippen LogP) is 2.49. The van der Waals surface area contributed by atoms with Crippen molar-refractivity contribution in [2.45, 2.75) is 23.4 Å². The Labute approximate surface area is 130 Å². The largest absolute Gasteiger partial charge is 0.463 e. The summed E-state index contributed by atoms with van der Waals surface area (Å²) in [6.45, 7) is 3.14. The number of sulfone groups is 1. The molecular formula is C14H12N2O4S2. The van der Waals surface area contributed by atoms with Gasteiger partial charge >= 0.3 is 0 Å². The van der Waals surface area contributed by atoms with Gasteiger partial charge in [-0.15, -0.1) is 10.2 Å². The molecule has 0 N–H and O–H groups in total. The topological polar surface area (TPSA) is 90.1 Å². The standard InChI is InChI=1S/C14H12N2O4S2/c1-8(2)22(18,19)14-16-15-13(21-14)10-7-20-11-6-4-3-5-9(11)12(10)17/h3-8H,1-2H3. The lowest BCUT2D eigenvalue weighted by Crippen LogP contribution is -2.13. The Bertz CT molecular complexity index is 1000. The van der Waals surface area contributed by atoms with Gasteiger partial charge in [0, 0.05) is 0 Å². The van der Waals surface area contributed by atoms with Crippen LogP contribution < -0.4 is 5.43 Å². The van der Waals surface area contributed by atoms with Crippen LogP contribution in [0.25, 0.3) is 21.5 Å². The summed E-state index contributed by atoms with van der Waals surface area (Å²) < 4.78 is 29.5. The van der Waals surface area contributed by atoms with Crippen molar-refractivity contribution in [1.29, 1.82) is 0 Å². The first-order chi connectivity index (χ1) is 10.4. The second kappa shape index (κ2) is 5.29. The lowest BCUT2D eigenvalue weighted by Gasteiger charge is -2.01. The van der Waals surface area contributed by atoms with Crippen LogP contribution in [0.4, 0.5) is 0 Å². The molecule has 0 aliphatic carbocycles. The van der Waals surface area contributed by atoms with E-state index in [0.29, 0.717) is 11.0 Å². The van der Waals surface area contributed by atoms with Crippen molar-refractivity contribution in [2.24, 2.45) is 0 Å². The quantitative estimate of drug-likeness (QED) is 0.730. The van der Waals surface area contributed by atoms with Gasteiger partial charge in [-0.05, 0) is 26.0 Å². The first kappa shape index (κ1) is 14.9. The van der Waals surface area contributed by atoms with E-state index in [2.05, 4.69) is 10.2 Å². The van der Waals surface area contributed by atoms with Crippen LogP contribution in [0.15, 0.2) is 44.1 Å². The highest BCUT2D eigenvalue weighted by molar-refractivity contribution is 7.93. The summed E-state index contributed by atoms with van der Waals surface area (Å²) in [4.78, 5) is 12.5. The van der Waals surface area contributed by atoms with Crippen LogP contribution in [-0.4, -0.2) is 23.9 Å².